The first-order chi connectivity index (χ1) is 17.2. The first-order valence-electron chi connectivity index (χ1n) is 11.7. The van der Waals surface area contributed by atoms with Crippen LogP contribution in [0.3, 0.4) is 0 Å². The smallest absolute Gasteiger partial charge is 0.219 e. The van der Waals surface area contributed by atoms with Crippen LogP contribution >= 0.6 is 0 Å². The lowest BCUT2D eigenvalue weighted by Crippen LogP contribution is -2.00. The maximum Gasteiger partial charge on any atom is 0.219 e. The number of phenolic OH excluding ortho intramolecular Hbond substituents is 1. The van der Waals surface area contributed by atoms with Crippen LogP contribution in [0, 0.1) is 6.92 Å². The molecule has 1 N–H and O–H groups in total. The summed E-state index contributed by atoms with van der Waals surface area (Å²) in [4.78, 5) is 11.6. The molecule has 1 saturated heterocycles. The SMILES string of the molecule is Cc1ccc(O)c2nc(Oc3ccc4c5ccccc5n(-c5cc(N6CC6)ccn5)c4c3)ccc12. The number of hydrogen-bond acceptors (Lipinski definition) is 5. The number of phenols is 1. The van der Waals surface area contributed by atoms with Crippen LogP contribution in [-0.4, -0.2) is 32.7 Å². The Balaban J connectivity index is 1.37. The van der Waals surface area contributed by atoms with Gasteiger partial charge in [0.05, 0.1) is 11.0 Å². The van der Waals surface area contributed by atoms with Gasteiger partial charge in [0.15, 0.2) is 0 Å². The Kier molecular flexibility index (Phi) is 4.23. The van der Waals surface area contributed by atoms with Crippen LogP contribution in [-0.2, 0) is 0 Å². The molecule has 0 amide bonds. The summed E-state index contributed by atoms with van der Waals surface area (Å²) in [6.07, 6.45) is 1.87. The Morgan fingerprint density at radius 3 is 2.54 bits per heavy atom. The van der Waals surface area contributed by atoms with Gasteiger partial charge in [-0.1, -0.05) is 24.3 Å². The molecule has 0 unspecified atom stereocenters. The number of hydrogen-bond donors (Lipinski definition) is 1. The van der Waals surface area contributed by atoms with E-state index in [4.69, 9.17) is 9.72 Å². The maximum absolute atomic E-state index is 10.3. The number of ether oxygens (including phenoxy) is 1. The van der Waals surface area contributed by atoms with Gasteiger partial charge in [0, 0.05) is 59.3 Å². The molecule has 6 nitrogen and oxygen atoms in total. The molecule has 170 valence electrons. The van der Waals surface area contributed by atoms with Gasteiger partial charge in [-0.3, -0.25) is 4.57 Å². The number of pyridine rings is 2. The van der Waals surface area contributed by atoms with Crippen molar-refractivity contribution in [2.24, 2.45) is 0 Å². The highest BCUT2D eigenvalue weighted by Crippen LogP contribution is 2.36. The molecule has 6 aromatic rings. The quantitative estimate of drug-likeness (QED) is 0.312. The van der Waals surface area contributed by atoms with Crippen molar-refractivity contribution in [2.45, 2.75) is 6.92 Å². The third-order valence-corrected chi connectivity index (χ3v) is 6.67. The van der Waals surface area contributed by atoms with Gasteiger partial charge in [0.25, 0.3) is 0 Å². The fourth-order valence-corrected chi connectivity index (χ4v) is 4.80. The Labute approximate surface area is 201 Å². The van der Waals surface area contributed by atoms with Crippen molar-refractivity contribution in [3.8, 4) is 23.2 Å². The molecule has 0 aliphatic carbocycles. The van der Waals surface area contributed by atoms with Crippen molar-refractivity contribution in [3.63, 3.8) is 0 Å². The molecule has 0 spiro atoms. The van der Waals surface area contributed by atoms with Crippen LogP contribution in [0.15, 0.2) is 85.1 Å². The lowest BCUT2D eigenvalue weighted by atomic mass is 10.1. The molecule has 1 aliphatic rings. The minimum atomic E-state index is 0.143. The van der Waals surface area contributed by atoms with Crippen LogP contribution < -0.4 is 9.64 Å². The second-order valence-corrected chi connectivity index (χ2v) is 8.94. The lowest BCUT2D eigenvalue weighted by Gasteiger charge is -2.11. The van der Waals surface area contributed by atoms with Gasteiger partial charge in [0.2, 0.25) is 5.88 Å². The molecule has 6 heteroatoms. The van der Waals surface area contributed by atoms with E-state index < -0.39 is 0 Å². The van der Waals surface area contributed by atoms with Gasteiger partial charge in [0.1, 0.15) is 22.8 Å². The molecule has 0 saturated carbocycles. The van der Waals surface area contributed by atoms with E-state index in [0.29, 0.717) is 17.1 Å². The maximum atomic E-state index is 10.3. The number of benzene rings is 3. The van der Waals surface area contributed by atoms with Crippen LogP contribution in [0.2, 0.25) is 0 Å². The largest absolute Gasteiger partial charge is 0.506 e. The fraction of sp³-hybridized carbons (Fsp3) is 0.103. The van der Waals surface area contributed by atoms with E-state index in [0.717, 1.165) is 51.7 Å². The summed E-state index contributed by atoms with van der Waals surface area (Å²) in [5, 5.41) is 13.5. The summed E-state index contributed by atoms with van der Waals surface area (Å²) < 4.78 is 8.37. The van der Waals surface area contributed by atoms with E-state index >= 15 is 0 Å². The monoisotopic (exact) mass is 458 g/mol. The average molecular weight is 459 g/mol. The summed E-state index contributed by atoms with van der Waals surface area (Å²) in [6, 6.07) is 26.0. The Hall–Kier alpha value is -4.58. The molecule has 0 radical (unpaired) electrons. The van der Waals surface area contributed by atoms with Gasteiger partial charge in [-0.25, -0.2) is 9.97 Å². The van der Waals surface area contributed by atoms with E-state index in [9.17, 15) is 5.11 Å². The molecule has 3 aromatic heterocycles. The zero-order valence-corrected chi connectivity index (χ0v) is 19.1. The van der Waals surface area contributed by atoms with Crippen molar-refractivity contribution >= 4 is 38.4 Å². The van der Waals surface area contributed by atoms with E-state index in [1.165, 1.54) is 5.69 Å². The summed E-state index contributed by atoms with van der Waals surface area (Å²) in [7, 11) is 0. The van der Waals surface area contributed by atoms with Gasteiger partial charge >= 0.3 is 0 Å². The molecule has 35 heavy (non-hydrogen) atoms. The van der Waals surface area contributed by atoms with E-state index in [1.807, 2.05) is 43.5 Å². The van der Waals surface area contributed by atoms with Gasteiger partial charge < -0.3 is 14.7 Å². The molecule has 0 atom stereocenters. The highest BCUT2D eigenvalue weighted by molar-refractivity contribution is 6.09. The Bertz CT molecular complexity index is 1770. The van der Waals surface area contributed by atoms with Gasteiger partial charge in [-0.15, -0.1) is 0 Å². The highest BCUT2D eigenvalue weighted by atomic mass is 16.5. The predicted molar refractivity (Wildman–Crippen MR) is 139 cm³/mol. The number of aromatic nitrogens is 3. The molecule has 4 heterocycles. The summed E-state index contributed by atoms with van der Waals surface area (Å²) in [5.74, 6) is 2.12. The first kappa shape index (κ1) is 19.9. The number of aryl methyl sites for hydroxylation is 1. The number of rotatable bonds is 4. The molecular weight excluding hydrogens is 436 g/mol. The Morgan fingerprint density at radius 1 is 0.829 bits per heavy atom. The van der Waals surface area contributed by atoms with E-state index in [1.54, 1.807) is 6.07 Å². The number of aromatic hydroxyl groups is 1. The van der Waals surface area contributed by atoms with E-state index in [-0.39, 0.29) is 5.75 Å². The molecule has 7 rings (SSSR count). The minimum Gasteiger partial charge on any atom is -0.506 e. The van der Waals surface area contributed by atoms with Crippen LogP contribution in [0.5, 0.6) is 17.4 Å². The second kappa shape index (κ2) is 7.46. The van der Waals surface area contributed by atoms with Crippen LogP contribution in [0.1, 0.15) is 5.56 Å². The molecule has 3 aromatic carbocycles. The molecule has 1 aliphatic heterocycles. The number of para-hydroxylation sites is 1. The molecular formula is C29H22N4O2. The lowest BCUT2D eigenvalue weighted by molar-refractivity contribution is 0.460. The van der Waals surface area contributed by atoms with Crippen molar-refractivity contribution < 1.29 is 9.84 Å². The highest BCUT2D eigenvalue weighted by Gasteiger charge is 2.20. The zero-order valence-electron chi connectivity index (χ0n) is 19.1. The van der Waals surface area contributed by atoms with Gasteiger partial charge in [-0.2, -0.15) is 0 Å². The minimum absolute atomic E-state index is 0.143. The standard InChI is InChI=1S/C29H22N4O2/c1-18-6-10-26(34)29-21(18)9-11-28(31-29)35-20-7-8-23-22-4-2-3-5-24(22)33(25(23)17-20)27-16-19(12-13-30-27)32-14-15-32/h2-13,16-17,34H,14-15H2,1H3. The van der Waals surface area contributed by atoms with Crippen molar-refractivity contribution in [2.75, 3.05) is 18.0 Å². The topological polar surface area (TPSA) is 63.2 Å². The molecule has 1 fully saturated rings. The normalized spacial score (nSPS) is 13.1. The third kappa shape index (κ3) is 3.26. The number of fused-ring (bicyclic) bond motifs is 4. The predicted octanol–water partition coefficient (Wildman–Crippen LogP) is 6.35. The number of nitrogens with zero attached hydrogens (tertiary/aromatic N) is 4. The van der Waals surface area contributed by atoms with E-state index in [2.05, 4.69) is 56.9 Å². The fourth-order valence-electron chi connectivity index (χ4n) is 4.80. The van der Waals surface area contributed by atoms with Crippen molar-refractivity contribution in [1.82, 2.24) is 14.5 Å². The van der Waals surface area contributed by atoms with Crippen molar-refractivity contribution in [1.29, 1.82) is 0 Å². The van der Waals surface area contributed by atoms with Gasteiger partial charge in [-0.05, 0) is 48.9 Å². The second-order valence-electron chi connectivity index (χ2n) is 8.94. The molecule has 0 bridgehead atoms. The number of anilines is 1. The van der Waals surface area contributed by atoms with Crippen LogP contribution in [0.25, 0.3) is 38.5 Å². The zero-order chi connectivity index (χ0) is 23.5. The summed E-state index contributed by atoms with van der Waals surface area (Å²) >= 11 is 0. The summed E-state index contributed by atoms with van der Waals surface area (Å²) in [6.45, 7) is 4.17. The van der Waals surface area contributed by atoms with Crippen LogP contribution in [0.4, 0.5) is 5.69 Å². The summed E-state index contributed by atoms with van der Waals surface area (Å²) in [5.41, 5.74) is 4.88. The first-order valence-corrected chi connectivity index (χ1v) is 11.7. The average Bonchev–Trinajstić information content (AvgIpc) is 3.69. The Morgan fingerprint density at radius 2 is 1.66 bits per heavy atom. The third-order valence-electron chi connectivity index (χ3n) is 6.67. The van der Waals surface area contributed by atoms with Crippen molar-refractivity contribution in [3.05, 3.63) is 90.6 Å².